The Morgan fingerprint density at radius 1 is 1.09 bits per heavy atom. The first-order chi connectivity index (χ1) is 10.6. The molecule has 1 rings (SSSR count). The predicted octanol–water partition coefficient (Wildman–Crippen LogP) is -0.293. The van der Waals surface area contributed by atoms with Crippen molar-refractivity contribution in [1.82, 2.24) is 15.4 Å². The molecule has 0 aliphatic carbocycles. The summed E-state index contributed by atoms with van der Waals surface area (Å²) in [6.45, 7) is 2.55. The van der Waals surface area contributed by atoms with E-state index in [0.29, 0.717) is 19.7 Å². The highest BCUT2D eigenvalue weighted by Crippen LogP contribution is 2.06. The molecule has 0 unspecified atom stereocenters. The van der Waals surface area contributed by atoms with Crippen molar-refractivity contribution in [3.8, 4) is 0 Å². The minimum atomic E-state index is -3.55. The van der Waals surface area contributed by atoms with Gasteiger partial charge in [0, 0.05) is 39.7 Å². The second-order valence-electron chi connectivity index (χ2n) is 4.55. The Kier molecular flexibility index (Phi) is 8.68. The normalized spacial score (nSPS) is 11.3. The molecule has 1 aromatic carbocycles. The highest BCUT2D eigenvalue weighted by molar-refractivity contribution is 7.89. The maximum Gasteiger partial charge on any atom is 0.240 e. The number of hydrogen-bond acceptors (Lipinski definition) is 5. The van der Waals surface area contributed by atoms with Gasteiger partial charge in [0.2, 0.25) is 15.9 Å². The molecule has 22 heavy (non-hydrogen) atoms. The molecule has 0 spiro atoms. The number of methoxy groups -OCH3 is 1. The van der Waals surface area contributed by atoms with E-state index in [9.17, 15) is 13.2 Å². The van der Waals surface area contributed by atoms with Crippen LogP contribution in [0.1, 0.15) is 6.42 Å². The minimum absolute atomic E-state index is 0.0696. The van der Waals surface area contributed by atoms with Crippen LogP contribution in [0.4, 0.5) is 0 Å². The SMILES string of the molecule is COCCNCCNC(=O)CCNS(=O)(=O)c1ccccc1. The van der Waals surface area contributed by atoms with Crippen molar-refractivity contribution in [3.05, 3.63) is 30.3 Å². The molecule has 0 saturated heterocycles. The average Bonchev–Trinajstić information content (AvgIpc) is 2.51. The Hall–Kier alpha value is -1.48. The zero-order valence-electron chi connectivity index (χ0n) is 12.7. The van der Waals surface area contributed by atoms with Crippen LogP contribution in [0.5, 0.6) is 0 Å². The van der Waals surface area contributed by atoms with Crippen molar-refractivity contribution in [2.75, 3.05) is 39.9 Å². The molecule has 0 heterocycles. The standard InChI is InChI=1S/C14H23N3O4S/c1-21-12-11-15-9-10-16-14(18)7-8-17-22(19,20)13-5-3-2-4-6-13/h2-6,15,17H,7-12H2,1H3,(H,16,18). The molecule has 0 atom stereocenters. The van der Waals surface area contributed by atoms with Crippen LogP contribution in [0.25, 0.3) is 0 Å². The summed E-state index contributed by atoms with van der Waals surface area (Å²) in [6.07, 6.45) is 0.101. The van der Waals surface area contributed by atoms with Gasteiger partial charge in [0.1, 0.15) is 0 Å². The molecule has 1 amide bonds. The Bertz CT molecular complexity index is 534. The van der Waals surface area contributed by atoms with Gasteiger partial charge in [-0.25, -0.2) is 13.1 Å². The van der Waals surface area contributed by atoms with Crippen molar-refractivity contribution in [3.63, 3.8) is 0 Å². The number of carbonyl (C=O) groups excluding carboxylic acids is 1. The highest BCUT2D eigenvalue weighted by atomic mass is 32.2. The van der Waals surface area contributed by atoms with E-state index in [0.717, 1.165) is 6.54 Å². The fraction of sp³-hybridized carbons (Fsp3) is 0.500. The van der Waals surface area contributed by atoms with Crippen LogP contribution < -0.4 is 15.4 Å². The van der Waals surface area contributed by atoms with E-state index < -0.39 is 10.0 Å². The van der Waals surface area contributed by atoms with Crippen molar-refractivity contribution in [2.24, 2.45) is 0 Å². The van der Waals surface area contributed by atoms with E-state index in [2.05, 4.69) is 15.4 Å². The molecule has 3 N–H and O–H groups in total. The van der Waals surface area contributed by atoms with Gasteiger partial charge in [0.05, 0.1) is 11.5 Å². The molecular formula is C14H23N3O4S. The second-order valence-corrected chi connectivity index (χ2v) is 6.32. The minimum Gasteiger partial charge on any atom is -0.383 e. The predicted molar refractivity (Wildman–Crippen MR) is 84.0 cm³/mol. The Morgan fingerprint density at radius 3 is 2.50 bits per heavy atom. The van der Waals surface area contributed by atoms with Crippen LogP contribution in [-0.4, -0.2) is 54.2 Å². The summed E-state index contributed by atoms with van der Waals surface area (Å²) in [7, 11) is -1.92. The van der Waals surface area contributed by atoms with E-state index in [1.54, 1.807) is 25.3 Å². The fourth-order valence-corrected chi connectivity index (χ4v) is 2.71. The zero-order valence-corrected chi connectivity index (χ0v) is 13.5. The summed E-state index contributed by atoms with van der Waals surface area (Å²) < 4.78 is 31.1. The van der Waals surface area contributed by atoms with Gasteiger partial charge in [0.25, 0.3) is 0 Å². The molecule has 124 valence electrons. The van der Waals surface area contributed by atoms with Crippen molar-refractivity contribution in [1.29, 1.82) is 0 Å². The Labute approximate surface area is 131 Å². The maximum absolute atomic E-state index is 11.9. The lowest BCUT2D eigenvalue weighted by Crippen LogP contribution is -2.35. The molecule has 0 saturated carbocycles. The van der Waals surface area contributed by atoms with E-state index in [-0.39, 0.29) is 23.8 Å². The van der Waals surface area contributed by atoms with Gasteiger partial charge >= 0.3 is 0 Å². The summed E-state index contributed by atoms with van der Waals surface area (Å²) in [5.41, 5.74) is 0. The summed E-state index contributed by atoms with van der Waals surface area (Å²) in [5, 5.41) is 5.80. The van der Waals surface area contributed by atoms with Crippen LogP contribution in [0, 0.1) is 0 Å². The van der Waals surface area contributed by atoms with Crippen LogP contribution >= 0.6 is 0 Å². The Morgan fingerprint density at radius 2 is 1.82 bits per heavy atom. The van der Waals surface area contributed by atoms with Gasteiger partial charge in [-0.3, -0.25) is 4.79 Å². The van der Waals surface area contributed by atoms with Crippen molar-refractivity contribution < 1.29 is 17.9 Å². The smallest absolute Gasteiger partial charge is 0.240 e. The third-order valence-corrected chi connectivity index (χ3v) is 4.28. The first-order valence-electron chi connectivity index (χ1n) is 7.07. The topological polar surface area (TPSA) is 96.5 Å². The third-order valence-electron chi connectivity index (χ3n) is 2.80. The van der Waals surface area contributed by atoms with E-state index in [1.165, 1.54) is 12.1 Å². The number of nitrogens with one attached hydrogen (secondary N) is 3. The average molecular weight is 329 g/mol. The lowest BCUT2D eigenvalue weighted by Gasteiger charge is -2.08. The van der Waals surface area contributed by atoms with Gasteiger partial charge in [-0.2, -0.15) is 0 Å². The number of hydrogen-bond donors (Lipinski definition) is 3. The molecule has 0 radical (unpaired) electrons. The number of rotatable bonds is 11. The molecule has 0 aromatic heterocycles. The zero-order chi connectivity index (χ0) is 16.3. The van der Waals surface area contributed by atoms with Crippen LogP contribution in [0.15, 0.2) is 35.2 Å². The first-order valence-corrected chi connectivity index (χ1v) is 8.55. The summed E-state index contributed by atoms with van der Waals surface area (Å²) in [5.74, 6) is -0.190. The van der Waals surface area contributed by atoms with Crippen molar-refractivity contribution in [2.45, 2.75) is 11.3 Å². The van der Waals surface area contributed by atoms with Crippen LogP contribution in [0.2, 0.25) is 0 Å². The number of carbonyl (C=O) groups is 1. The largest absolute Gasteiger partial charge is 0.383 e. The van der Waals surface area contributed by atoms with Crippen molar-refractivity contribution >= 4 is 15.9 Å². The Balaban J connectivity index is 2.17. The third kappa shape index (κ3) is 7.51. The number of ether oxygens (including phenoxy) is 1. The molecule has 1 aromatic rings. The molecule has 0 aliphatic heterocycles. The van der Waals surface area contributed by atoms with Crippen LogP contribution in [0.3, 0.4) is 0 Å². The van der Waals surface area contributed by atoms with Gasteiger partial charge < -0.3 is 15.4 Å². The number of amides is 1. The molecule has 7 nitrogen and oxygen atoms in total. The van der Waals surface area contributed by atoms with Gasteiger partial charge in [-0.1, -0.05) is 18.2 Å². The van der Waals surface area contributed by atoms with Gasteiger partial charge in [-0.15, -0.1) is 0 Å². The molecular weight excluding hydrogens is 306 g/mol. The molecule has 8 heteroatoms. The first kappa shape index (κ1) is 18.6. The quantitative estimate of drug-likeness (QED) is 0.485. The summed E-state index contributed by atoms with van der Waals surface area (Å²) >= 11 is 0. The monoisotopic (exact) mass is 329 g/mol. The fourth-order valence-electron chi connectivity index (χ4n) is 1.66. The van der Waals surface area contributed by atoms with E-state index >= 15 is 0 Å². The maximum atomic E-state index is 11.9. The second kappa shape index (κ2) is 10.3. The summed E-state index contributed by atoms with van der Waals surface area (Å²) in [6, 6.07) is 8.06. The number of benzene rings is 1. The lowest BCUT2D eigenvalue weighted by molar-refractivity contribution is -0.120. The lowest BCUT2D eigenvalue weighted by atomic mass is 10.4. The van der Waals surface area contributed by atoms with Gasteiger partial charge in [-0.05, 0) is 12.1 Å². The van der Waals surface area contributed by atoms with Gasteiger partial charge in [0.15, 0.2) is 0 Å². The molecule has 0 aliphatic rings. The van der Waals surface area contributed by atoms with E-state index in [4.69, 9.17) is 4.74 Å². The summed E-state index contributed by atoms with van der Waals surface area (Å²) in [4.78, 5) is 11.7. The molecule has 0 fully saturated rings. The van der Waals surface area contributed by atoms with E-state index in [1.807, 2.05) is 0 Å². The highest BCUT2D eigenvalue weighted by Gasteiger charge is 2.13. The number of sulfonamides is 1. The molecule has 0 bridgehead atoms. The van der Waals surface area contributed by atoms with Crippen LogP contribution in [-0.2, 0) is 19.6 Å².